The Labute approximate surface area is 156 Å². The highest BCUT2D eigenvalue weighted by Gasteiger charge is 2.26. The molecule has 0 radical (unpaired) electrons. The van der Waals surface area contributed by atoms with Crippen LogP contribution in [0.15, 0.2) is 42.5 Å². The van der Waals surface area contributed by atoms with Gasteiger partial charge in [0.15, 0.2) is 17.3 Å². The molecule has 0 saturated heterocycles. The van der Waals surface area contributed by atoms with Gasteiger partial charge in [-0.25, -0.2) is 0 Å². The molecule has 2 N–H and O–H groups in total. The molecule has 140 valence electrons. The van der Waals surface area contributed by atoms with Gasteiger partial charge in [-0.3, -0.25) is 4.79 Å². The molecule has 0 spiro atoms. The summed E-state index contributed by atoms with van der Waals surface area (Å²) in [6, 6.07) is 13.1. The van der Waals surface area contributed by atoms with E-state index in [9.17, 15) is 4.79 Å². The summed E-state index contributed by atoms with van der Waals surface area (Å²) >= 11 is 0. The van der Waals surface area contributed by atoms with Crippen molar-refractivity contribution in [3.8, 4) is 11.5 Å². The summed E-state index contributed by atoms with van der Waals surface area (Å²) in [6.07, 6.45) is 0.386. The molecule has 2 aromatic carbocycles. The molecule has 8 heteroatoms. The summed E-state index contributed by atoms with van der Waals surface area (Å²) in [4.78, 5) is 12.9. The molecule has 27 heavy (non-hydrogen) atoms. The van der Waals surface area contributed by atoms with Crippen LogP contribution in [-0.2, 0) is 11.2 Å². The van der Waals surface area contributed by atoms with E-state index in [1.807, 2.05) is 43.3 Å². The van der Waals surface area contributed by atoms with Crippen LogP contribution < -0.4 is 14.8 Å². The molecule has 3 aromatic rings. The van der Waals surface area contributed by atoms with Crippen LogP contribution in [0.25, 0.3) is 0 Å². The van der Waals surface area contributed by atoms with E-state index >= 15 is 0 Å². The number of nitrogens with one attached hydrogen (secondary N) is 2. The van der Waals surface area contributed by atoms with Gasteiger partial charge in [0.1, 0.15) is 5.92 Å². The molecule has 0 aliphatic carbocycles. The summed E-state index contributed by atoms with van der Waals surface area (Å²) in [5, 5.41) is 16.9. The molecule has 1 unspecified atom stereocenters. The Morgan fingerprint density at radius 2 is 1.96 bits per heavy atom. The molecule has 1 atom stereocenters. The van der Waals surface area contributed by atoms with E-state index in [4.69, 9.17) is 9.47 Å². The third kappa shape index (κ3) is 4.41. The second-order valence-electron chi connectivity index (χ2n) is 6.07. The number of anilines is 1. The Bertz CT molecular complexity index is 911. The molecule has 0 aliphatic rings. The van der Waals surface area contributed by atoms with Crippen molar-refractivity contribution in [2.45, 2.75) is 19.3 Å². The highest BCUT2D eigenvalue weighted by atomic mass is 16.5. The Kier molecular flexibility index (Phi) is 5.65. The number of aromatic amines is 1. The predicted molar refractivity (Wildman–Crippen MR) is 100.0 cm³/mol. The largest absolute Gasteiger partial charge is 0.493 e. The standard InChI is InChI=1S/C19H21N5O3/c1-12-5-4-6-14(9-12)20-19(25)15(18-21-23-24-22-18)10-13-7-8-16(26-2)17(11-13)27-3/h4-9,11,15H,10H2,1-3H3,(H,20,25)(H,21,22,23,24). The van der Waals surface area contributed by atoms with Gasteiger partial charge in [-0.1, -0.05) is 23.4 Å². The number of carbonyl (C=O) groups is 1. The van der Waals surface area contributed by atoms with Gasteiger partial charge in [0.25, 0.3) is 0 Å². The Balaban J connectivity index is 1.85. The topological polar surface area (TPSA) is 102 Å². The van der Waals surface area contributed by atoms with Crippen LogP contribution in [-0.4, -0.2) is 40.8 Å². The Morgan fingerprint density at radius 1 is 1.15 bits per heavy atom. The highest BCUT2D eigenvalue weighted by molar-refractivity contribution is 5.95. The number of tetrazole rings is 1. The average molecular weight is 367 g/mol. The third-order valence-electron chi connectivity index (χ3n) is 4.16. The lowest BCUT2D eigenvalue weighted by Crippen LogP contribution is -2.24. The summed E-state index contributed by atoms with van der Waals surface area (Å²) in [5.74, 6) is 0.733. The number of hydrogen-bond acceptors (Lipinski definition) is 6. The summed E-state index contributed by atoms with van der Waals surface area (Å²) in [5.41, 5.74) is 2.67. The number of ether oxygens (including phenoxy) is 2. The lowest BCUT2D eigenvalue weighted by Gasteiger charge is -2.15. The maximum absolute atomic E-state index is 12.9. The zero-order chi connectivity index (χ0) is 19.2. The predicted octanol–water partition coefficient (Wildman–Crippen LogP) is 2.49. The van der Waals surface area contributed by atoms with Crippen molar-refractivity contribution < 1.29 is 14.3 Å². The van der Waals surface area contributed by atoms with E-state index in [1.54, 1.807) is 20.3 Å². The van der Waals surface area contributed by atoms with E-state index in [0.29, 0.717) is 23.7 Å². The number of aromatic nitrogens is 4. The Morgan fingerprint density at radius 3 is 2.63 bits per heavy atom. The van der Waals surface area contributed by atoms with Gasteiger partial charge < -0.3 is 14.8 Å². The molecule has 1 aromatic heterocycles. The van der Waals surface area contributed by atoms with Crippen LogP contribution in [0.5, 0.6) is 11.5 Å². The number of benzene rings is 2. The fraction of sp³-hybridized carbons (Fsp3) is 0.263. The minimum absolute atomic E-state index is 0.211. The van der Waals surface area contributed by atoms with Crippen LogP contribution in [0.1, 0.15) is 22.9 Å². The first-order valence-corrected chi connectivity index (χ1v) is 8.42. The van der Waals surface area contributed by atoms with Gasteiger partial charge in [0.05, 0.1) is 14.2 Å². The van der Waals surface area contributed by atoms with Crippen molar-refractivity contribution in [1.82, 2.24) is 20.6 Å². The Hall–Kier alpha value is -3.42. The molecule has 1 amide bonds. The normalized spacial score (nSPS) is 11.7. The van der Waals surface area contributed by atoms with E-state index in [1.165, 1.54) is 0 Å². The lowest BCUT2D eigenvalue weighted by atomic mass is 9.97. The average Bonchev–Trinajstić information content (AvgIpc) is 3.20. The molecule has 0 saturated carbocycles. The first-order valence-electron chi connectivity index (χ1n) is 8.42. The summed E-state index contributed by atoms with van der Waals surface area (Å²) in [6.45, 7) is 1.97. The van der Waals surface area contributed by atoms with Crippen molar-refractivity contribution in [2.75, 3.05) is 19.5 Å². The maximum Gasteiger partial charge on any atom is 0.235 e. The number of methoxy groups -OCH3 is 2. The van der Waals surface area contributed by atoms with Gasteiger partial charge >= 0.3 is 0 Å². The number of rotatable bonds is 7. The summed E-state index contributed by atoms with van der Waals surface area (Å²) < 4.78 is 10.6. The second-order valence-corrected chi connectivity index (χ2v) is 6.07. The van der Waals surface area contributed by atoms with Crippen molar-refractivity contribution in [3.63, 3.8) is 0 Å². The molecule has 8 nitrogen and oxygen atoms in total. The van der Waals surface area contributed by atoms with Crippen LogP contribution in [0, 0.1) is 6.92 Å². The number of nitrogens with zero attached hydrogens (tertiary/aromatic N) is 3. The molecular weight excluding hydrogens is 346 g/mol. The molecule has 3 rings (SSSR count). The van der Waals surface area contributed by atoms with Gasteiger partial charge in [-0.2, -0.15) is 5.21 Å². The van der Waals surface area contributed by atoms with Gasteiger partial charge in [0.2, 0.25) is 5.91 Å². The van der Waals surface area contributed by atoms with Gasteiger partial charge in [0, 0.05) is 5.69 Å². The van der Waals surface area contributed by atoms with Crippen molar-refractivity contribution in [2.24, 2.45) is 0 Å². The van der Waals surface area contributed by atoms with Crippen LogP contribution in [0.4, 0.5) is 5.69 Å². The first kappa shape index (κ1) is 18.4. The minimum atomic E-state index is -0.609. The van der Waals surface area contributed by atoms with E-state index in [-0.39, 0.29) is 5.91 Å². The second kappa shape index (κ2) is 8.31. The molecule has 0 bridgehead atoms. The number of aryl methyl sites for hydroxylation is 1. The van der Waals surface area contributed by atoms with E-state index in [0.717, 1.165) is 16.8 Å². The SMILES string of the molecule is COc1ccc(CC(C(=O)Nc2cccc(C)c2)c2nn[nH]n2)cc1OC. The minimum Gasteiger partial charge on any atom is -0.493 e. The van der Waals surface area contributed by atoms with E-state index in [2.05, 4.69) is 25.9 Å². The zero-order valence-corrected chi connectivity index (χ0v) is 15.4. The van der Waals surface area contributed by atoms with Crippen molar-refractivity contribution >= 4 is 11.6 Å². The first-order chi connectivity index (χ1) is 13.1. The van der Waals surface area contributed by atoms with Crippen LogP contribution >= 0.6 is 0 Å². The molecule has 1 heterocycles. The quantitative estimate of drug-likeness (QED) is 0.665. The smallest absolute Gasteiger partial charge is 0.235 e. The van der Waals surface area contributed by atoms with Crippen molar-refractivity contribution in [1.29, 1.82) is 0 Å². The molecule has 0 fully saturated rings. The number of H-pyrrole nitrogens is 1. The fourth-order valence-corrected chi connectivity index (χ4v) is 2.81. The van der Waals surface area contributed by atoms with E-state index < -0.39 is 5.92 Å². The molecular formula is C19H21N5O3. The number of hydrogen-bond donors (Lipinski definition) is 2. The van der Waals surface area contributed by atoms with Gasteiger partial charge in [-0.15, -0.1) is 10.2 Å². The monoisotopic (exact) mass is 367 g/mol. The van der Waals surface area contributed by atoms with Crippen molar-refractivity contribution in [3.05, 3.63) is 59.4 Å². The zero-order valence-electron chi connectivity index (χ0n) is 15.4. The van der Waals surface area contributed by atoms with Crippen LogP contribution in [0.2, 0.25) is 0 Å². The lowest BCUT2D eigenvalue weighted by molar-refractivity contribution is -0.117. The molecule has 0 aliphatic heterocycles. The van der Waals surface area contributed by atoms with Crippen LogP contribution in [0.3, 0.4) is 0 Å². The number of carbonyl (C=O) groups excluding carboxylic acids is 1. The highest BCUT2D eigenvalue weighted by Crippen LogP contribution is 2.30. The number of amides is 1. The van der Waals surface area contributed by atoms with Gasteiger partial charge in [-0.05, 0) is 48.7 Å². The third-order valence-corrected chi connectivity index (χ3v) is 4.16. The summed E-state index contributed by atoms with van der Waals surface area (Å²) in [7, 11) is 3.15. The fourth-order valence-electron chi connectivity index (χ4n) is 2.81. The maximum atomic E-state index is 12.9.